The van der Waals surface area contributed by atoms with E-state index < -0.39 is 0 Å². The molecule has 0 saturated heterocycles. The summed E-state index contributed by atoms with van der Waals surface area (Å²) in [7, 11) is 1.61. The van der Waals surface area contributed by atoms with Gasteiger partial charge in [0.25, 0.3) is 0 Å². The fourth-order valence-corrected chi connectivity index (χ4v) is 3.06. The van der Waals surface area contributed by atoms with E-state index in [1.807, 2.05) is 6.92 Å². The van der Waals surface area contributed by atoms with Crippen LogP contribution in [0, 0.1) is 6.92 Å². The lowest BCUT2D eigenvalue weighted by molar-refractivity contribution is -0.113. The summed E-state index contributed by atoms with van der Waals surface area (Å²) in [4.78, 5) is 23.8. The molecule has 0 aliphatic carbocycles. The molecule has 2 N–H and O–H groups in total. The molecule has 0 unspecified atom stereocenters. The molecule has 1 aromatic heterocycles. The molecular weight excluding hydrogens is 352 g/mol. The number of rotatable bonds is 8. The van der Waals surface area contributed by atoms with Crippen LogP contribution in [0.4, 0.5) is 5.69 Å². The van der Waals surface area contributed by atoms with Crippen molar-refractivity contribution < 1.29 is 9.53 Å². The first-order valence-electron chi connectivity index (χ1n) is 7.34. The molecule has 0 radical (unpaired) electrons. The zero-order chi connectivity index (χ0) is 17.5. The zero-order valence-corrected chi connectivity index (χ0v) is 15.0. The predicted molar refractivity (Wildman–Crippen MR) is 94.9 cm³/mol. The lowest BCUT2D eigenvalue weighted by Crippen LogP contribution is -2.19. The van der Waals surface area contributed by atoms with Crippen molar-refractivity contribution in [2.45, 2.75) is 25.0 Å². The van der Waals surface area contributed by atoms with Crippen molar-refractivity contribution in [3.8, 4) is 0 Å². The fraction of sp³-hybridized carbons (Fsp3) is 0.400. The highest BCUT2D eigenvalue weighted by molar-refractivity contribution is 7.99. The molecule has 0 aliphatic rings. The highest BCUT2D eigenvalue weighted by atomic mass is 35.5. The number of amides is 1. The van der Waals surface area contributed by atoms with E-state index in [1.54, 1.807) is 25.3 Å². The Kier molecular flexibility index (Phi) is 6.89. The summed E-state index contributed by atoms with van der Waals surface area (Å²) in [6.45, 7) is 2.91. The van der Waals surface area contributed by atoms with Crippen LogP contribution in [0.5, 0.6) is 0 Å². The van der Waals surface area contributed by atoms with Crippen molar-refractivity contribution in [2.24, 2.45) is 0 Å². The van der Waals surface area contributed by atoms with Gasteiger partial charge in [0.2, 0.25) is 5.91 Å². The Labute approximate surface area is 148 Å². The van der Waals surface area contributed by atoms with Crippen molar-refractivity contribution in [2.75, 3.05) is 24.8 Å². The van der Waals surface area contributed by atoms with Crippen LogP contribution in [0.1, 0.15) is 12.0 Å². The lowest BCUT2D eigenvalue weighted by atomic mass is 10.2. The van der Waals surface area contributed by atoms with E-state index in [0.717, 1.165) is 5.56 Å². The van der Waals surface area contributed by atoms with Crippen molar-refractivity contribution in [3.63, 3.8) is 0 Å². The van der Waals surface area contributed by atoms with Crippen LogP contribution < -0.4 is 11.0 Å². The van der Waals surface area contributed by atoms with Crippen molar-refractivity contribution in [1.29, 1.82) is 0 Å². The number of nitrogens with zero attached hydrogens (tertiary/aromatic N) is 2. The molecule has 24 heavy (non-hydrogen) atoms. The van der Waals surface area contributed by atoms with E-state index in [4.69, 9.17) is 16.3 Å². The summed E-state index contributed by atoms with van der Waals surface area (Å²) in [5.74, 6) is -0.0271. The van der Waals surface area contributed by atoms with Gasteiger partial charge in [-0.15, -0.1) is 5.10 Å². The Hall–Kier alpha value is -1.77. The van der Waals surface area contributed by atoms with Crippen LogP contribution >= 0.6 is 23.4 Å². The number of nitrogens with one attached hydrogen (secondary N) is 2. The largest absolute Gasteiger partial charge is 0.385 e. The molecule has 0 bridgehead atoms. The molecule has 0 spiro atoms. The summed E-state index contributed by atoms with van der Waals surface area (Å²) < 4.78 is 6.48. The average Bonchev–Trinajstić information content (AvgIpc) is 2.89. The van der Waals surface area contributed by atoms with Gasteiger partial charge < -0.3 is 10.1 Å². The Morgan fingerprint density at radius 3 is 3.00 bits per heavy atom. The van der Waals surface area contributed by atoms with E-state index in [-0.39, 0.29) is 17.3 Å². The molecule has 0 saturated carbocycles. The molecule has 130 valence electrons. The van der Waals surface area contributed by atoms with E-state index in [0.29, 0.717) is 35.4 Å². The molecule has 1 heterocycles. The van der Waals surface area contributed by atoms with Crippen LogP contribution in [-0.4, -0.2) is 40.1 Å². The second-order valence-corrected chi connectivity index (χ2v) is 6.48. The number of H-pyrrole nitrogens is 1. The molecule has 0 aliphatic heterocycles. The molecule has 2 rings (SSSR count). The van der Waals surface area contributed by atoms with Gasteiger partial charge in [-0.25, -0.2) is 9.89 Å². The van der Waals surface area contributed by atoms with Crippen molar-refractivity contribution in [3.05, 3.63) is 39.3 Å². The number of ether oxygens (including phenoxy) is 1. The molecule has 2 aromatic rings. The van der Waals surface area contributed by atoms with E-state index in [1.165, 1.54) is 16.3 Å². The third kappa shape index (κ3) is 5.12. The topological polar surface area (TPSA) is 89.0 Å². The highest BCUT2D eigenvalue weighted by Crippen LogP contribution is 2.20. The van der Waals surface area contributed by atoms with Gasteiger partial charge in [-0.05, 0) is 37.1 Å². The highest BCUT2D eigenvalue weighted by Gasteiger charge is 2.12. The molecule has 1 aromatic carbocycles. The Morgan fingerprint density at radius 2 is 2.29 bits per heavy atom. The quantitative estimate of drug-likeness (QED) is 0.549. The number of anilines is 1. The van der Waals surface area contributed by atoms with Gasteiger partial charge >= 0.3 is 5.69 Å². The lowest BCUT2D eigenvalue weighted by Gasteiger charge is -2.09. The van der Waals surface area contributed by atoms with Crippen LogP contribution in [-0.2, 0) is 16.1 Å². The number of hydrogen-bond donors (Lipinski definition) is 2. The molecule has 9 heteroatoms. The van der Waals surface area contributed by atoms with E-state index in [9.17, 15) is 9.59 Å². The van der Waals surface area contributed by atoms with Gasteiger partial charge in [-0.1, -0.05) is 23.4 Å². The molecule has 0 fully saturated rings. The number of halogens is 1. The summed E-state index contributed by atoms with van der Waals surface area (Å²) in [6, 6.07) is 5.26. The minimum atomic E-state index is -0.289. The third-order valence-electron chi connectivity index (χ3n) is 3.25. The standard InChI is InChI=1S/C15H19ClN4O3S/c1-10-8-11(16)4-5-12(10)17-13(21)9-24-15-19-18-14(22)20(15)6-3-7-23-2/h4-5,8H,3,6-7,9H2,1-2H3,(H,17,21)(H,18,22). The summed E-state index contributed by atoms with van der Waals surface area (Å²) in [5.41, 5.74) is 1.31. The number of benzene rings is 1. The second-order valence-electron chi connectivity index (χ2n) is 5.11. The fourth-order valence-electron chi connectivity index (χ4n) is 2.06. The number of aryl methyl sites for hydroxylation is 1. The normalized spacial score (nSPS) is 10.8. The third-order valence-corrected chi connectivity index (χ3v) is 4.46. The zero-order valence-electron chi connectivity index (χ0n) is 13.5. The first kappa shape index (κ1) is 18.6. The van der Waals surface area contributed by atoms with Crippen LogP contribution in [0.15, 0.2) is 28.2 Å². The second kappa shape index (κ2) is 8.91. The maximum atomic E-state index is 12.1. The van der Waals surface area contributed by atoms with E-state index >= 15 is 0 Å². The van der Waals surface area contributed by atoms with E-state index in [2.05, 4.69) is 15.5 Å². The number of carbonyl (C=O) groups is 1. The summed E-state index contributed by atoms with van der Waals surface area (Å²) in [6.07, 6.45) is 0.694. The number of aromatic nitrogens is 3. The van der Waals surface area contributed by atoms with Crippen LogP contribution in [0.3, 0.4) is 0 Å². The molecule has 0 atom stereocenters. The Morgan fingerprint density at radius 1 is 1.50 bits per heavy atom. The number of hydrogen-bond acceptors (Lipinski definition) is 5. The number of aromatic amines is 1. The number of thioether (sulfide) groups is 1. The molecular formula is C15H19ClN4O3S. The van der Waals surface area contributed by atoms with Crippen LogP contribution in [0.25, 0.3) is 0 Å². The van der Waals surface area contributed by atoms with Gasteiger partial charge in [0, 0.05) is 31.0 Å². The minimum Gasteiger partial charge on any atom is -0.385 e. The van der Waals surface area contributed by atoms with Gasteiger partial charge in [0.1, 0.15) is 0 Å². The van der Waals surface area contributed by atoms with Gasteiger partial charge in [0.05, 0.1) is 5.75 Å². The average molecular weight is 371 g/mol. The maximum Gasteiger partial charge on any atom is 0.343 e. The molecule has 1 amide bonds. The number of methoxy groups -OCH3 is 1. The van der Waals surface area contributed by atoms with Crippen LogP contribution in [0.2, 0.25) is 5.02 Å². The van der Waals surface area contributed by atoms with Gasteiger partial charge in [0.15, 0.2) is 5.16 Å². The summed E-state index contributed by atoms with van der Waals surface area (Å²) >= 11 is 7.10. The van der Waals surface area contributed by atoms with Gasteiger partial charge in [-0.2, -0.15) is 0 Å². The van der Waals surface area contributed by atoms with Gasteiger partial charge in [-0.3, -0.25) is 9.36 Å². The Balaban J connectivity index is 1.93. The summed E-state index contributed by atoms with van der Waals surface area (Å²) in [5, 5.41) is 10.3. The van der Waals surface area contributed by atoms with Crippen molar-refractivity contribution >= 4 is 35.0 Å². The van der Waals surface area contributed by atoms with Crippen molar-refractivity contribution in [1.82, 2.24) is 14.8 Å². The number of carbonyl (C=O) groups excluding carboxylic acids is 1. The first-order chi connectivity index (χ1) is 11.5. The monoisotopic (exact) mass is 370 g/mol. The molecule has 7 nitrogen and oxygen atoms in total. The minimum absolute atomic E-state index is 0.149. The first-order valence-corrected chi connectivity index (χ1v) is 8.70. The Bertz CT molecular complexity index is 759. The SMILES string of the molecule is COCCCn1c(SCC(=O)Nc2ccc(Cl)cc2C)n[nH]c1=O. The maximum absolute atomic E-state index is 12.1. The predicted octanol–water partition coefficient (Wildman–Crippen LogP) is 2.30. The smallest absolute Gasteiger partial charge is 0.343 e.